The molecule has 0 saturated carbocycles. The lowest BCUT2D eigenvalue weighted by molar-refractivity contribution is 0.0946. The highest BCUT2D eigenvalue weighted by Crippen LogP contribution is 2.19. The minimum absolute atomic E-state index is 0.215. The predicted octanol–water partition coefficient (Wildman–Crippen LogP) is 3.06. The predicted molar refractivity (Wildman–Crippen MR) is 128 cm³/mol. The number of hydrogen-bond donors (Lipinski definition) is 1. The number of nitrogens with zero attached hydrogens (tertiary/aromatic N) is 5. The number of anilines is 1. The van der Waals surface area contributed by atoms with Gasteiger partial charge in [-0.25, -0.2) is 9.97 Å². The Morgan fingerprint density at radius 2 is 1.69 bits per heavy atom. The Bertz CT molecular complexity index is 866. The molecular weight excluding hydrogens is 424 g/mol. The second-order valence-corrected chi connectivity index (χ2v) is 9.03. The number of unbranched alkanes of at least 4 members (excludes halogenated alkanes) is 1. The Kier molecular flexibility index (Phi) is 8.31. The SMILES string of the molecule is O=C(NCCCCN1CCN(Cc2ccccc2)CC1)c1nc(N2CCCC2)ncc1Cl. The number of carbonyl (C=O) groups excluding carboxylic acids is 1. The van der Waals surface area contributed by atoms with Gasteiger partial charge in [0.25, 0.3) is 5.91 Å². The van der Waals surface area contributed by atoms with Crippen molar-refractivity contribution in [2.24, 2.45) is 0 Å². The van der Waals surface area contributed by atoms with Gasteiger partial charge in [-0.2, -0.15) is 0 Å². The lowest BCUT2D eigenvalue weighted by atomic mass is 10.2. The van der Waals surface area contributed by atoms with Gasteiger partial charge >= 0.3 is 0 Å². The molecule has 0 radical (unpaired) electrons. The highest BCUT2D eigenvalue weighted by molar-refractivity contribution is 6.33. The molecule has 1 N–H and O–H groups in total. The van der Waals surface area contributed by atoms with Gasteiger partial charge in [0, 0.05) is 52.4 Å². The summed E-state index contributed by atoms with van der Waals surface area (Å²) < 4.78 is 0. The van der Waals surface area contributed by atoms with Gasteiger partial charge in [-0.05, 0) is 37.8 Å². The van der Waals surface area contributed by atoms with Crippen molar-refractivity contribution in [2.45, 2.75) is 32.2 Å². The van der Waals surface area contributed by atoms with Gasteiger partial charge in [0.05, 0.1) is 11.2 Å². The molecular formula is C24H33ClN6O. The van der Waals surface area contributed by atoms with Crippen LogP contribution in [0, 0.1) is 0 Å². The van der Waals surface area contributed by atoms with Gasteiger partial charge < -0.3 is 15.1 Å². The molecule has 2 aliphatic rings. The molecule has 1 aromatic heterocycles. The zero-order valence-corrected chi connectivity index (χ0v) is 19.4. The van der Waals surface area contributed by atoms with Crippen LogP contribution < -0.4 is 10.2 Å². The van der Waals surface area contributed by atoms with Crippen LogP contribution in [0.15, 0.2) is 36.5 Å². The number of aromatic nitrogens is 2. The summed E-state index contributed by atoms with van der Waals surface area (Å²) in [5, 5.41) is 3.28. The van der Waals surface area contributed by atoms with E-state index in [1.807, 2.05) is 0 Å². The summed E-state index contributed by atoms with van der Waals surface area (Å²) >= 11 is 6.19. The van der Waals surface area contributed by atoms with Gasteiger partial charge in [0.1, 0.15) is 0 Å². The second-order valence-electron chi connectivity index (χ2n) is 8.63. The fourth-order valence-electron chi connectivity index (χ4n) is 4.35. The summed E-state index contributed by atoms with van der Waals surface area (Å²) in [5.74, 6) is 0.385. The zero-order valence-electron chi connectivity index (χ0n) is 18.7. The third-order valence-corrected chi connectivity index (χ3v) is 6.51. The molecule has 7 nitrogen and oxygen atoms in total. The van der Waals surface area contributed by atoms with Crippen molar-refractivity contribution < 1.29 is 4.79 Å². The van der Waals surface area contributed by atoms with Crippen LogP contribution in [0.4, 0.5) is 5.95 Å². The number of amides is 1. The molecule has 0 aliphatic carbocycles. The lowest BCUT2D eigenvalue weighted by Gasteiger charge is -2.34. The van der Waals surface area contributed by atoms with Crippen LogP contribution in [0.2, 0.25) is 5.02 Å². The van der Waals surface area contributed by atoms with E-state index in [1.165, 1.54) is 11.8 Å². The zero-order chi connectivity index (χ0) is 22.2. The lowest BCUT2D eigenvalue weighted by Crippen LogP contribution is -2.46. The molecule has 0 bridgehead atoms. The summed E-state index contributed by atoms with van der Waals surface area (Å²) in [4.78, 5) is 28.4. The van der Waals surface area contributed by atoms with Gasteiger partial charge in [-0.3, -0.25) is 9.69 Å². The minimum Gasteiger partial charge on any atom is -0.351 e. The first kappa shape index (κ1) is 23.0. The van der Waals surface area contributed by atoms with E-state index in [-0.39, 0.29) is 11.6 Å². The van der Waals surface area contributed by atoms with Crippen molar-refractivity contribution in [1.29, 1.82) is 0 Å². The number of rotatable bonds is 9. The van der Waals surface area contributed by atoms with Crippen LogP contribution in [0.3, 0.4) is 0 Å². The molecule has 0 atom stereocenters. The van der Waals surface area contributed by atoms with E-state index in [9.17, 15) is 4.79 Å². The Labute approximate surface area is 195 Å². The molecule has 172 valence electrons. The number of benzene rings is 1. The first-order valence-electron chi connectivity index (χ1n) is 11.7. The average Bonchev–Trinajstić information content (AvgIpc) is 3.36. The van der Waals surface area contributed by atoms with E-state index in [0.717, 1.165) is 78.0 Å². The van der Waals surface area contributed by atoms with Crippen molar-refractivity contribution in [3.8, 4) is 0 Å². The maximum absolute atomic E-state index is 12.6. The molecule has 32 heavy (non-hydrogen) atoms. The average molecular weight is 457 g/mol. The van der Waals surface area contributed by atoms with E-state index in [1.54, 1.807) is 0 Å². The highest BCUT2D eigenvalue weighted by atomic mass is 35.5. The van der Waals surface area contributed by atoms with E-state index in [0.29, 0.717) is 17.5 Å². The molecule has 2 aromatic rings. The van der Waals surface area contributed by atoms with Gasteiger partial charge in [0.15, 0.2) is 5.69 Å². The largest absolute Gasteiger partial charge is 0.351 e. The minimum atomic E-state index is -0.215. The van der Waals surface area contributed by atoms with Crippen LogP contribution >= 0.6 is 11.6 Å². The Morgan fingerprint density at radius 3 is 2.44 bits per heavy atom. The second kappa shape index (κ2) is 11.6. The Hall–Kier alpha value is -2.22. The molecule has 2 fully saturated rings. The van der Waals surface area contributed by atoms with Crippen LogP contribution in [-0.4, -0.2) is 78.0 Å². The molecule has 1 amide bonds. The normalized spacial score (nSPS) is 17.6. The monoisotopic (exact) mass is 456 g/mol. The third-order valence-electron chi connectivity index (χ3n) is 6.24. The molecule has 1 aromatic carbocycles. The Balaban J connectivity index is 1.13. The van der Waals surface area contributed by atoms with Crippen LogP contribution in [0.1, 0.15) is 41.7 Å². The summed E-state index contributed by atoms with van der Waals surface area (Å²) in [5.41, 5.74) is 1.66. The van der Waals surface area contributed by atoms with Crippen molar-refractivity contribution >= 4 is 23.5 Å². The third kappa shape index (κ3) is 6.40. The number of hydrogen-bond acceptors (Lipinski definition) is 6. The first-order chi connectivity index (χ1) is 15.7. The van der Waals surface area contributed by atoms with Crippen molar-refractivity contribution in [2.75, 3.05) is 57.3 Å². The summed E-state index contributed by atoms with van der Waals surface area (Å²) in [6.45, 7) is 9.03. The van der Waals surface area contributed by atoms with E-state index in [4.69, 9.17) is 11.6 Å². The molecule has 3 heterocycles. The van der Waals surface area contributed by atoms with E-state index >= 15 is 0 Å². The van der Waals surface area contributed by atoms with E-state index < -0.39 is 0 Å². The fourth-order valence-corrected chi connectivity index (χ4v) is 4.52. The molecule has 2 aliphatic heterocycles. The smallest absolute Gasteiger partial charge is 0.271 e. The van der Waals surface area contributed by atoms with Crippen molar-refractivity contribution in [1.82, 2.24) is 25.1 Å². The number of halogens is 1. The van der Waals surface area contributed by atoms with Crippen LogP contribution in [0.25, 0.3) is 0 Å². The number of carbonyl (C=O) groups is 1. The molecule has 2 saturated heterocycles. The maximum Gasteiger partial charge on any atom is 0.271 e. The molecule has 0 unspecified atom stereocenters. The molecule has 0 spiro atoms. The van der Waals surface area contributed by atoms with Crippen molar-refractivity contribution in [3.63, 3.8) is 0 Å². The number of nitrogens with one attached hydrogen (secondary N) is 1. The van der Waals surface area contributed by atoms with Gasteiger partial charge in [0.2, 0.25) is 5.95 Å². The highest BCUT2D eigenvalue weighted by Gasteiger charge is 2.20. The standard InChI is InChI=1S/C24H33ClN6O/c25-21-18-27-24(31-12-6-7-13-31)28-22(21)23(32)26-10-4-5-11-29-14-16-30(17-15-29)19-20-8-2-1-3-9-20/h1-3,8-9,18H,4-7,10-17,19H2,(H,26,32). The van der Waals surface area contributed by atoms with Crippen LogP contribution in [-0.2, 0) is 6.54 Å². The summed E-state index contributed by atoms with van der Waals surface area (Å²) in [6.07, 6.45) is 5.81. The first-order valence-corrected chi connectivity index (χ1v) is 12.1. The number of piperazine rings is 1. The summed E-state index contributed by atoms with van der Waals surface area (Å²) in [7, 11) is 0. The van der Waals surface area contributed by atoms with Crippen LogP contribution in [0.5, 0.6) is 0 Å². The molecule has 4 rings (SSSR count). The van der Waals surface area contributed by atoms with Gasteiger partial charge in [-0.1, -0.05) is 41.9 Å². The van der Waals surface area contributed by atoms with Crippen molar-refractivity contribution in [3.05, 3.63) is 52.8 Å². The fraction of sp³-hybridized carbons (Fsp3) is 0.542. The maximum atomic E-state index is 12.6. The quantitative estimate of drug-likeness (QED) is 0.585. The van der Waals surface area contributed by atoms with E-state index in [2.05, 4.69) is 60.3 Å². The summed E-state index contributed by atoms with van der Waals surface area (Å²) in [6, 6.07) is 10.7. The topological polar surface area (TPSA) is 64.6 Å². The van der Waals surface area contributed by atoms with Gasteiger partial charge in [-0.15, -0.1) is 0 Å². The Morgan fingerprint density at radius 1 is 0.969 bits per heavy atom. The molecule has 8 heteroatoms.